The fourth-order valence-electron chi connectivity index (χ4n) is 2.56. The quantitative estimate of drug-likeness (QED) is 0.196. The molecule has 0 spiro atoms. The average Bonchev–Trinajstić information content (AvgIpc) is 3.18. The second-order valence-corrected chi connectivity index (χ2v) is 7.39. The van der Waals surface area contributed by atoms with Crippen LogP contribution in [-0.4, -0.2) is 74.6 Å². The maximum absolute atomic E-state index is 12.7. The van der Waals surface area contributed by atoms with E-state index in [-0.39, 0.29) is 18.8 Å². The normalized spacial score (nSPS) is 15.0. The lowest BCUT2D eigenvalue weighted by atomic mass is 10.0. The average molecular weight is 426 g/mol. The predicted octanol–water partition coefficient (Wildman–Crippen LogP) is -2.12. The smallest absolute Gasteiger partial charge is 0.326 e. The topological polar surface area (TPSA) is 200 Å². The Balaban J connectivity index is 2.81. The summed E-state index contributed by atoms with van der Waals surface area (Å²) in [6.45, 7) is 4.45. The first-order chi connectivity index (χ1) is 14.0. The number of nitrogens with zero attached hydrogens (tertiary/aromatic N) is 1. The van der Waals surface area contributed by atoms with Crippen molar-refractivity contribution in [1.82, 2.24) is 25.9 Å². The summed E-state index contributed by atoms with van der Waals surface area (Å²) in [5, 5.41) is 25.5. The van der Waals surface area contributed by atoms with Crippen molar-refractivity contribution in [3.05, 3.63) is 18.2 Å². The summed E-state index contributed by atoms with van der Waals surface area (Å²) < 4.78 is 0. The summed E-state index contributed by atoms with van der Waals surface area (Å²) >= 11 is 0. The van der Waals surface area contributed by atoms with Crippen LogP contribution in [0, 0.1) is 5.92 Å². The molecular formula is C18H30N6O6. The molecule has 0 aliphatic heterocycles. The molecule has 0 bridgehead atoms. The van der Waals surface area contributed by atoms with E-state index >= 15 is 0 Å². The minimum atomic E-state index is -1.21. The van der Waals surface area contributed by atoms with Crippen LogP contribution >= 0.6 is 0 Å². The minimum Gasteiger partial charge on any atom is -0.480 e. The Morgan fingerprint density at radius 3 is 2.20 bits per heavy atom. The number of nitrogens with two attached hydrogens (primary N) is 1. The number of aliphatic carboxylic acids is 1. The van der Waals surface area contributed by atoms with Crippen LogP contribution in [0.1, 0.15) is 32.9 Å². The standard InChI is InChI=1S/C18H30N6O6/c1-9(2)4-14(18(29)30)24-15(26)10(3)22-17(28)13(5-11-6-20-8-21-11)23-16(27)12(19)7-25/h6,8-10,12-14,25H,4-5,7,19H2,1-3H3,(H,20,21)(H,22,28)(H,23,27)(H,24,26)(H,29,30). The molecule has 0 radical (unpaired) electrons. The summed E-state index contributed by atoms with van der Waals surface area (Å²) in [5.41, 5.74) is 6.03. The van der Waals surface area contributed by atoms with E-state index in [1.807, 2.05) is 13.8 Å². The number of aromatic nitrogens is 2. The van der Waals surface area contributed by atoms with Crippen LogP contribution in [0.5, 0.6) is 0 Å². The van der Waals surface area contributed by atoms with Crippen molar-refractivity contribution in [2.45, 2.75) is 57.8 Å². The van der Waals surface area contributed by atoms with E-state index in [0.717, 1.165) is 0 Å². The first kappa shape index (κ1) is 25.0. The number of rotatable bonds is 12. The molecule has 12 heteroatoms. The van der Waals surface area contributed by atoms with Gasteiger partial charge in [-0.2, -0.15) is 0 Å². The van der Waals surface area contributed by atoms with Gasteiger partial charge in [0.05, 0.1) is 12.9 Å². The number of aliphatic hydroxyl groups excluding tert-OH is 1. The fraction of sp³-hybridized carbons (Fsp3) is 0.611. The predicted molar refractivity (Wildman–Crippen MR) is 106 cm³/mol. The molecular weight excluding hydrogens is 396 g/mol. The van der Waals surface area contributed by atoms with Gasteiger partial charge in [-0.1, -0.05) is 13.8 Å². The number of aromatic amines is 1. The van der Waals surface area contributed by atoms with Crippen molar-refractivity contribution in [1.29, 1.82) is 0 Å². The monoisotopic (exact) mass is 426 g/mol. The maximum Gasteiger partial charge on any atom is 0.326 e. The van der Waals surface area contributed by atoms with Crippen molar-refractivity contribution >= 4 is 23.7 Å². The maximum atomic E-state index is 12.7. The zero-order chi connectivity index (χ0) is 22.8. The van der Waals surface area contributed by atoms with Gasteiger partial charge < -0.3 is 36.9 Å². The Hall–Kier alpha value is -2.99. The molecule has 1 heterocycles. The highest BCUT2D eigenvalue weighted by Gasteiger charge is 2.28. The van der Waals surface area contributed by atoms with E-state index in [4.69, 9.17) is 10.8 Å². The number of hydrogen-bond donors (Lipinski definition) is 7. The van der Waals surface area contributed by atoms with E-state index < -0.39 is 54.5 Å². The van der Waals surface area contributed by atoms with Gasteiger partial charge >= 0.3 is 5.97 Å². The number of aliphatic hydroxyl groups is 1. The van der Waals surface area contributed by atoms with Crippen LogP contribution in [-0.2, 0) is 25.6 Å². The van der Waals surface area contributed by atoms with Crippen LogP contribution < -0.4 is 21.7 Å². The second kappa shape index (κ2) is 11.9. The fourth-order valence-corrected chi connectivity index (χ4v) is 2.56. The number of carbonyl (C=O) groups is 4. The Morgan fingerprint density at radius 1 is 1.07 bits per heavy atom. The van der Waals surface area contributed by atoms with E-state index in [0.29, 0.717) is 5.69 Å². The Kier molecular flexibility index (Phi) is 9.92. The molecule has 4 unspecified atom stereocenters. The van der Waals surface area contributed by atoms with Crippen LogP contribution in [0.3, 0.4) is 0 Å². The Morgan fingerprint density at radius 2 is 1.70 bits per heavy atom. The number of hydrogen-bond acceptors (Lipinski definition) is 7. The van der Waals surface area contributed by atoms with Gasteiger partial charge in [-0.3, -0.25) is 14.4 Å². The number of nitrogens with one attached hydrogen (secondary N) is 4. The molecule has 0 aromatic carbocycles. The molecule has 1 aromatic rings. The SMILES string of the molecule is CC(C)CC(NC(=O)C(C)NC(=O)C(Cc1cnc[nH]1)NC(=O)C(N)CO)C(=O)O. The summed E-state index contributed by atoms with van der Waals surface area (Å²) in [5.74, 6) is -3.22. The molecule has 1 aromatic heterocycles. The molecule has 0 saturated carbocycles. The summed E-state index contributed by atoms with van der Waals surface area (Å²) in [6.07, 6.45) is 3.15. The molecule has 4 atom stereocenters. The van der Waals surface area contributed by atoms with Crippen LogP contribution in [0.25, 0.3) is 0 Å². The highest BCUT2D eigenvalue weighted by molar-refractivity contribution is 5.94. The van der Waals surface area contributed by atoms with E-state index in [1.54, 1.807) is 0 Å². The summed E-state index contributed by atoms with van der Waals surface area (Å²) in [4.78, 5) is 55.0. The van der Waals surface area contributed by atoms with E-state index in [9.17, 15) is 24.3 Å². The zero-order valence-electron chi connectivity index (χ0n) is 17.2. The molecule has 0 aliphatic rings. The van der Waals surface area contributed by atoms with Gasteiger partial charge in [-0.25, -0.2) is 9.78 Å². The van der Waals surface area contributed by atoms with Crippen molar-refractivity contribution < 1.29 is 29.4 Å². The van der Waals surface area contributed by atoms with Crippen LogP contribution in [0.4, 0.5) is 0 Å². The zero-order valence-corrected chi connectivity index (χ0v) is 17.2. The number of carboxylic acid groups (broad SMARTS) is 1. The molecule has 168 valence electrons. The van der Waals surface area contributed by atoms with Crippen molar-refractivity contribution in [3.8, 4) is 0 Å². The van der Waals surface area contributed by atoms with Crippen molar-refractivity contribution in [3.63, 3.8) is 0 Å². The lowest BCUT2D eigenvalue weighted by Crippen LogP contribution is -2.57. The van der Waals surface area contributed by atoms with Gasteiger partial charge in [-0.05, 0) is 19.3 Å². The van der Waals surface area contributed by atoms with Gasteiger partial charge in [0, 0.05) is 18.3 Å². The molecule has 30 heavy (non-hydrogen) atoms. The molecule has 0 aliphatic carbocycles. The number of carboxylic acids is 1. The third-order valence-corrected chi connectivity index (χ3v) is 4.22. The van der Waals surface area contributed by atoms with Crippen molar-refractivity contribution in [2.24, 2.45) is 11.7 Å². The highest BCUT2D eigenvalue weighted by Crippen LogP contribution is 2.06. The van der Waals surface area contributed by atoms with Gasteiger partial charge in [0.15, 0.2) is 0 Å². The van der Waals surface area contributed by atoms with Gasteiger partial charge in [0.2, 0.25) is 17.7 Å². The van der Waals surface area contributed by atoms with E-state index in [1.165, 1.54) is 19.4 Å². The van der Waals surface area contributed by atoms with E-state index in [2.05, 4.69) is 25.9 Å². The summed E-state index contributed by atoms with van der Waals surface area (Å²) in [7, 11) is 0. The lowest BCUT2D eigenvalue weighted by molar-refractivity contribution is -0.142. The van der Waals surface area contributed by atoms with Crippen molar-refractivity contribution in [2.75, 3.05) is 6.61 Å². The number of H-pyrrole nitrogens is 1. The largest absolute Gasteiger partial charge is 0.480 e. The Bertz CT molecular complexity index is 723. The van der Waals surface area contributed by atoms with Crippen LogP contribution in [0.15, 0.2) is 12.5 Å². The molecule has 8 N–H and O–H groups in total. The first-order valence-corrected chi connectivity index (χ1v) is 9.52. The molecule has 0 fully saturated rings. The van der Waals surface area contributed by atoms with Gasteiger partial charge in [0.1, 0.15) is 24.2 Å². The van der Waals surface area contributed by atoms with Gasteiger partial charge in [-0.15, -0.1) is 0 Å². The number of amides is 3. The molecule has 12 nitrogen and oxygen atoms in total. The minimum absolute atomic E-state index is 0.0369. The molecule has 1 rings (SSSR count). The van der Waals surface area contributed by atoms with Crippen LogP contribution in [0.2, 0.25) is 0 Å². The third kappa shape index (κ3) is 8.17. The van der Waals surface area contributed by atoms with Gasteiger partial charge in [0.25, 0.3) is 0 Å². The highest BCUT2D eigenvalue weighted by atomic mass is 16.4. The second-order valence-electron chi connectivity index (χ2n) is 7.39. The first-order valence-electron chi connectivity index (χ1n) is 9.52. The number of imidazole rings is 1. The third-order valence-electron chi connectivity index (χ3n) is 4.22. The summed E-state index contributed by atoms with van der Waals surface area (Å²) in [6, 6.07) is -4.45. The molecule has 3 amide bonds. The number of carbonyl (C=O) groups excluding carboxylic acids is 3. The lowest BCUT2D eigenvalue weighted by Gasteiger charge is -2.23. The Labute approximate surface area is 174 Å². The molecule has 0 saturated heterocycles.